The number of quaternary nitrogens is 4. The van der Waals surface area contributed by atoms with E-state index in [0.29, 0.717) is 45.3 Å². The second-order valence-electron chi connectivity index (χ2n) is 33.1. The molecular weight excluding hydrogens is 1610 g/mol. The maximum Gasteiger partial charge on any atom is 0.243 e. The minimum absolute atomic E-state index is 0.000165. The van der Waals surface area contributed by atoms with Crippen LogP contribution in [-0.4, -0.2) is 292 Å². The molecule has 0 spiro atoms. The number of sulfonamides is 2. The molecule has 36 heteroatoms. The maximum absolute atomic E-state index is 14.2. The van der Waals surface area contributed by atoms with Crippen LogP contribution in [0.2, 0.25) is 0 Å². The molecule has 0 aromatic heterocycles. The van der Waals surface area contributed by atoms with Crippen LogP contribution in [0, 0.1) is 0 Å². The fourth-order valence-corrected chi connectivity index (χ4v) is 19.3. The molecule has 12 rings (SSSR count). The van der Waals surface area contributed by atoms with Gasteiger partial charge in [0.2, 0.25) is 49.4 Å². The first-order valence-corrected chi connectivity index (χ1v) is 46.0. The van der Waals surface area contributed by atoms with E-state index in [-0.39, 0.29) is 99.4 Å². The highest BCUT2D eigenvalue weighted by Gasteiger charge is 2.49. The molecule has 4 amide bonds. The second-order valence-corrected chi connectivity index (χ2v) is 40.3. The van der Waals surface area contributed by atoms with Gasteiger partial charge in [-0.05, 0) is 131 Å². The van der Waals surface area contributed by atoms with Gasteiger partial charge in [0, 0.05) is 141 Å². The monoisotopic (exact) mass is 1730 g/mol. The molecule has 8 aliphatic heterocycles. The van der Waals surface area contributed by atoms with Crippen LogP contribution in [0.5, 0.6) is 0 Å². The fourth-order valence-electron chi connectivity index (χ4n) is 15.8. The van der Waals surface area contributed by atoms with E-state index in [1.54, 1.807) is 54.6 Å². The van der Waals surface area contributed by atoms with E-state index in [2.05, 4.69) is 35.4 Å². The molecular formula is C83H118N12O20S4. The Morgan fingerprint density at radius 3 is 1.30 bits per heavy atom. The molecule has 0 aliphatic carbocycles. The molecule has 32 nitrogen and oxygen atoms in total. The van der Waals surface area contributed by atoms with Crippen LogP contribution in [-0.2, 0) is 97.5 Å². The van der Waals surface area contributed by atoms with Gasteiger partial charge in [-0.25, -0.2) is 42.3 Å². The molecule has 4 aromatic rings. The lowest BCUT2D eigenvalue weighted by molar-refractivity contribution is -1.07. The Kier molecular flexibility index (Phi) is 34.0. The molecule has 4 N–H and O–H groups in total. The van der Waals surface area contributed by atoms with Crippen LogP contribution >= 0.6 is 0 Å². The number of hydrogen-bond acceptors (Lipinski definition) is 21. The van der Waals surface area contributed by atoms with E-state index < -0.39 is 92.3 Å². The molecule has 6 saturated heterocycles. The summed E-state index contributed by atoms with van der Waals surface area (Å²) in [5.41, 5.74) is 5.91. The summed E-state index contributed by atoms with van der Waals surface area (Å²) in [6, 6.07) is 25.1. The van der Waals surface area contributed by atoms with Crippen LogP contribution < -0.4 is 41.5 Å². The highest BCUT2D eigenvalue weighted by Crippen LogP contribution is 2.49. The zero-order valence-corrected chi connectivity index (χ0v) is 73.5. The Balaban J connectivity index is 0.00000152. The number of hydrogen-bond donors (Lipinski definition) is 4. The third kappa shape index (κ3) is 28.6. The minimum atomic E-state index is -4.56. The standard InChI is InChI=1S/C77H106N12O14S4.3C2H4O2/c1-76(2)66-56-64(106(100,101)82(5)36-14-20-72(90)78-58-74(92)80-62-26-22-60(23-27-62)34-40-88-48-42-86(7,43-49-88)44-50-88)30-32-68(66)84(38-16-54-104(94,95)96)70(76)18-12-10-9-11-13-19-71-77(3,4)67-57-65(31-33-69(67)85(71)39-17-55-105(97,98)99)107(102,103)83(6)37-15-21-73(91)79-59-75(93)81-63-28-24-61(25-29-63)35-41-89-51-45-87(8,46-52-89)47-53-89;3*1-2(3)4/h9-13,18-19,22-33,56-57H,14-17,20-21,34-55,58-59H2,1-8H3,(H-5,78,79,80,81,90,91,92,93,94,95,96,97,98,99);3*1H3,(H,3,4). The van der Waals surface area contributed by atoms with Crippen molar-refractivity contribution in [2.45, 2.75) is 120 Å². The number of carboxylic acid groups (broad SMARTS) is 3. The number of benzene rings is 4. The molecule has 4 aromatic carbocycles. The number of amides is 4. The molecule has 0 saturated carbocycles. The van der Waals surface area contributed by atoms with E-state index in [0.717, 1.165) is 46.7 Å². The molecule has 0 atom stereocenters. The van der Waals surface area contributed by atoms with Crippen LogP contribution in [0.3, 0.4) is 0 Å². The average molecular weight is 1730 g/mol. The molecule has 8 heterocycles. The summed E-state index contributed by atoms with van der Waals surface area (Å²) in [6.45, 7) is 27.2. The predicted octanol–water partition coefficient (Wildman–Crippen LogP) is 1.53. The summed E-state index contributed by atoms with van der Waals surface area (Å²) in [5, 5.41) is 37.6. The number of carboxylic acids is 3. The topological polar surface area (TPSA) is 432 Å². The highest BCUT2D eigenvalue weighted by molar-refractivity contribution is 7.89. The van der Waals surface area contributed by atoms with E-state index in [9.17, 15) is 62.0 Å². The van der Waals surface area contributed by atoms with Crippen molar-refractivity contribution in [2.75, 3.05) is 186 Å². The van der Waals surface area contributed by atoms with Gasteiger partial charge in [-0.15, -0.1) is 0 Å². The Hall–Kier alpha value is -8.92. The summed E-state index contributed by atoms with van der Waals surface area (Å²) >= 11 is 0. The molecule has 4 bridgehead atoms. The van der Waals surface area contributed by atoms with Gasteiger partial charge in [0.05, 0.1) is 75.7 Å². The van der Waals surface area contributed by atoms with E-state index in [1.807, 2.05) is 97.9 Å². The van der Waals surface area contributed by atoms with E-state index in [4.69, 9.17) is 29.7 Å². The van der Waals surface area contributed by atoms with Gasteiger partial charge in [-0.3, -0.25) is 19.2 Å². The van der Waals surface area contributed by atoms with Crippen LogP contribution in [0.25, 0.3) is 0 Å². The first-order valence-electron chi connectivity index (χ1n) is 40.0. The van der Waals surface area contributed by atoms with Crippen LogP contribution in [0.15, 0.2) is 143 Å². The molecule has 119 heavy (non-hydrogen) atoms. The first-order chi connectivity index (χ1) is 55.5. The first kappa shape index (κ1) is 97.2. The Bertz CT molecular complexity index is 4880. The minimum Gasteiger partial charge on any atom is -0.748 e. The van der Waals surface area contributed by atoms with Gasteiger partial charge in [-0.2, -0.15) is 4.58 Å². The third-order valence-corrected chi connectivity index (χ3v) is 28.5. The van der Waals surface area contributed by atoms with E-state index in [1.165, 1.54) is 142 Å². The number of rotatable bonds is 36. The fraction of sp³-hybridized carbons (Fsp3) is 0.518. The number of aliphatic carboxylic acids is 3. The summed E-state index contributed by atoms with van der Waals surface area (Å²) in [7, 11) is -9.75. The normalized spacial score (nSPS) is 21.2. The Morgan fingerprint density at radius 1 is 0.496 bits per heavy atom. The number of carbonyl (C=O) groups excluding carboxylic acids is 7. The van der Waals surface area contributed by atoms with Gasteiger partial charge in [-0.1, -0.05) is 68.5 Å². The lowest BCUT2D eigenvalue weighted by Crippen LogP contribution is -2.73. The number of likely N-dealkylation sites (N-methyl/N-ethyl adjacent to an activating group) is 2. The van der Waals surface area contributed by atoms with Crippen LogP contribution in [0.4, 0.5) is 22.7 Å². The number of fused-ring (bicyclic) bond motifs is 8. The number of anilines is 3. The van der Waals surface area contributed by atoms with Crippen molar-refractivity contribution in [1.29, 1.82) is 0 Å². The molecule has 0 unspecified atom stereocenters. The highest BCUT2D eigenvalue weighted by atomic mass is 32.2. The van der Waals surface area contributed by atoms with Gasteiger partial charge < -0.3 is 82.9 Å². The quantitative estimate of drug-likeness (QED) is 0.0217. The Labute approximate surface area is 701 Å². The molecule has 0 radical (unpaired) electrons. The maximum atomic E-state index is 14.2. The van der Waals surface area contributed by atoms with Crippen molar-refractivity contribution >= 4 is 110 Å². The number of nitrogens with zero attached hydrogens (tertiary/aromatic N) is 8. The number of piperazine rings is 6. The number of carbonyl (C=O) groups is 7. The predicted molar refractivity (Wildman–Crippen MR) is 445 cm³/mol. The largest absolute Gasteiger partial charge is 0.748 e. The summed E-state index contributed by atoms with van der Waals surface area (Å²) in [6.07, 6.45) is 14.6. The molecule has 6 fully saturated rings. The SMILES string of the molecule is CC(=O)[O-].CC(=O)[O-].CC(=O)[O-].CN(CCCC(=O)NCC(=O)Nc1ccc(CC[N+]23CC[N+](C)(CC2)CC3)cc1)S(=O)(=O)c1ccc2c(c1)C(C)(C)C(/C=C/C=C/C=C/C=C1/N(CCCS(=O)(=O)[O-])c3ccc(S(=O)(=O)N(C)CCCC(=O)NCC(=O)Nc4ccc(CC[N+]56CC[N+](C)(CC5)CC6)cc4)cc3C1(C)C)=[N+]2CCCS(=O)(=O)[O-]. The summed E-state index contributed by atoms with van der Waals surface area (Å²) in [4.78, 5) is 80.0. The number of nitrogens with one attached hydrogen (secondary N) is 4. The zero-order chi connectivity index (χ0) is 88.2. The van der Waals surface area contributed by atoms with Crippen molar-refractivity contribution in [1.82, 2.24) is 19.2 Å². The zero-order valence-electron chi connectivity index (χ0n) is 70.2. The van der Waals surface area contributed by atoms with Crippen molar-refractivity contribution < 1.29 is 114 Å². The second kappa shape index (κ2) is 41.6. The van der Waals surface area contributed by atoms with Gasteiger partial charge in [0.25, 0.3) is 0 Å². The van der Waals surface area contributed by atoms with Crippen molar-refractivity contribution in [3.63, 3.8) is 0 Å². The number of allylic oxidation sites excluding steroid dienone is 8. The van der Waals surface area contributed by atoms with E-state index >= 15 is 0 Å². The molecule has 654 valence electrons. The smallest absolute Gasteiger partial charge is 0.243 e. The van der Waals surface area contributed by atoms with Gasteiger partial charge >= 0.3 is 0 Å². The van der Waals surface area contributed by atoms with Gasteiger partial charge in [0.1, 0.15) is 85.1 Å². The van der Waals surface area contributed by atoms with Crippen molar-refractivity contribution in [2.24, 2.45) is 0 Å². The van der Waals surface area contributed by atoms with Crippen LogP contribution in [0.1, 0.15) is 109 Å². The van der Waals surface area contributed by atoms with Crippen molar-refractivity contribution in [3.8, 4) is 0 Å². The van der Waals surface area contributed by atoms with Gasteiger partial charge in [0.15, 0.2) is 5.71 Å². The summed E-state index contributed by atoms with van der Waals surface area (Å²) < 4.78 is 136. The van der Waals surface area contributed by atoms with Crippen molar-refractivity contribution in [3.05, 3.63) is 155 Å². The Morgan fingerprint density at radius 2 is 0.882 bits per heavy atom. The lowest BCUT2D eigenvalue weighted by atomic mass is 9.81. The summed E-state index contributed by atoms with van der Waals surface area (Å²) in [5.74, 6) is -6.08. The lowest BCUT2D eigenvalue weighted by Gasteiger charge is -2.54. The third-order valence-electron chi connectivity index (χ3n) is 23.2. The average Bonchev–Trinajstić information content (AvgIpc) is 1.56. The molecule has 8 aliphatic rings.